The van der Waals surface area contributed by atoms with Gasteiger partial charge < -0.3 is 5.32 Å². The van der Waals surface area contributed by atoms with Gasteiger partial charge >= 0.3 is 0 Å². The molecule has 0 fully saturated rings. The van der Waals surface area contributed by atoms with Crippen molar-refractivity contribution in [1.82, 2.24) is 10.2 Å². The molecular weight excluding hydrogens is 273 g/mol. The van der Waals surface area contributed by atoms with E-state index in [9.17, 15) is 4.79 Å². The van der Waals surface area contributed by atoms with E-state index in [1.807, 2.05) is 12.1 Å². The molecule has 1 N–H and O–H groups in total. The minimum absolute atomic E-state index is 0.185. The number of anilines is 1. The molecule has 0 aliphatic heterocycles. The van der Waals surface area contributed by atoms with Gasteiger partial charge in [0, 0.05) is 5.02 Å². The summed E-state index contributed by atoms with van der Waals surface area (Å²) >= 11 is 11.6. The standard InChI is InChI=1S/C12H9Cl2N3O/c13-9-4-2-1-3-8(9)7-12(18)15-11-6-5-10(14)16-17-11/h1-6H,7H2,(H,15,17,18). The predicted molar refractivity (Wildman–Crippen MR) is 70.8 cm³/mol. The summed E-state index contributed by atoms with van der Waals surface area (Å²) in [7, 11) is 0. The highest BCUT2D eigenvalue weighted by Crippen LogP contribution is 2.16. The zero-order valence-corrected chi connectivity index (χ0v) is 10.7. The first-order chi connectivity index (χ1) is 8.65. The lowest BCUT2D eigenvalue weighted by atomic mass is 10.1. The summed E-state index contributed by atoms with van der Waals surface area (Å²) in [6.45, 7) is 0. The van der Waals surface area contributed by atoms with Crippen LogP contribution < -0.4 is 5.32 Å². The molecule has 2 aromatic rings. The molecule has 0 aliphatic carbocycles. The lowest BCUT2D eigenvalue weighted by Gasteiger charge is -2.05. The number of nitrogens with one attached hydrogen (secondary N) is 1. The van der Waals surface area contributed by atoms with Gasteiger partial charge in [-0.05, 0) is 23.8 Å². The zero-order valence-electron chi connectivity index (χ0n) is 9.23. The van der Waals surface area contributed by atoms with Gasteiger partial charge in [-0.2, -0.15) is 0 Å². The Morgan fingerprint density at radius 2 is 1.89 bits per heavy atom. The number of benzene rings is 1. The number of halogens is 2. The summed E-state index contributed by atoms with van der Waals surface area (Å²) in [6, 6.07) is 10.3. The third-order valence-electron chi connectivity index (χ3n) is 2.21. The third-order valence-corrected chi connectivity index (χ3v) is 2.78. The summed E-state index contributed by atoms with van der Waals surface area (Å²) in [4.78, 5) is 11.7. The van der Waals surface area contributed by atoms with Crippen LogP contribution >= 0.6 is 23.2 Å². The Balaban J connectivity index is 2.01. The van der Waals surface area contributed by atoms with E-state index in [2.05, 4.69) is 15.5 Å². The quantitative estimate of drug-likeness (QED) is 0.941. The van der Waals surface area contributed by atoms with E-state index >= 15 is 0 Å². The summed E-state index contributed by atoms with van der Waals surface area (Å²) < 4.78 is 0. The molecule has 0 aliphatic rings. The topological polar surface area (TPSA) is 54.9 Å². The molecule has 0 radical (unpaired) electrons. The second-order valence-electron chi connectivity index (χ2n) is 3.56. The van der Waals surface area contributed by atoms with E-state index in [0.29, 0.717) is 10.8 Å². The molecule has 2 rings (SSSR count). The van der Waals surface area contributed by atoms with E-state index in [4.69, 9.17) is 23.2 Å². The number of carbonyl (C=O) groups is 1. The summed E-state index contributed by atoms with van der Waals surface area (Å²) in [5.74, 6) is 0.149. The third kappa shape index (κ3) is 3.42. The van der Waals surface area contributed by atoms with E-state index in [0.717, 1.165) is 5.56 Å². The summed E-state index contributed by atoms with van der Waals surface area (Å²) in [6.07, 6.45) is 0.185. The monoisotopic (exact) mass is 281 g/mol. The summed E-state index contributed by atoms with van der Waals surface area (Å²) in [5, 5.41) is 10.8. The Hall–Kier alpha value is -1.65. The number of amides is 1. The molecule has 0 spiro atoms. The van der Waals surface area contributed by atoms with Gasteiger partial charge in [-0.15, -0.1) is 10.2 Å². The van der Waals surface area contributed by atoms with Gasteiger partial charge in [0.2, 0.25) is 5.91 Å². The van der Waals surface area contributed by atoms with Crippen LogP contribution in [0.2, 0.25) is 10.2 Å². The van der Waals surface area contributed by atoms with Crippen molar-refractivity contribution in [2.75, 3.05) is 5.32 Å². The van der Waals surface area contributed by atoms with E-state index in [1.165, 1.54) is 0 Å². The first-order valence-electron chi connectivity index (χ1n) is 5.17. The van der Waals surface area contributed by atoms with Gasteiger partial charge in [-0.3, -0.25) is 4.79 Å². The van der Waals surface area contributed by atoms with Crippen LogP contribution in [0.1, 0.15) is 5.56 Å². The van der Waals surface area contributed by atoms with Gasteiger partial charge in [0.25, 0.3) is 0 Å². The van der Waals surface area contributed by atoms with Crippen LogP contribution in [0.5, 0.6) is 0 Å². The van der Waals surface area contributed by atoms with Crippen molar-refractivity contribution in [3.63, 3.8) is 0 Å². The predicted octanol–water partition coefficient (Wildman–Crippen LogP) is 2.96. The number of carbonyl (C=O) groups excluding carboxylic acids is 1. The number of aromatic nitrogens is 2. The van der Waals surface area contributed by atoms with Crippen molar-refractivity contribution < 1.29 is 4.79 Å². The van der Waals surface area contributed by atoms with Crippen LogP contribution in [0.3, 0.4) is 0 Å². The highest BCUT2D eigenvalue weighted by molar-refractivity contribution is 6.31. The van der Waals surface area contributed by atoms with Gasteiger partial charge in [0.05, 0.1) is 6.42 Å². The Morgan fingerprint density at radius 1 is 1.11 bits per heavy atom. The highest BCUT2D eigenvalue weighted by atomic mass is 35.5. The molecular formula is C12H9Cl2N3O. The lowest BCUT2D eigenvalue weighted by molar-refractivity contribution is -0.115. The van der Waals surface area contributed by atoms with E-state index in [-0.39, 0.29) is 17.5 Å². The van der Waals surface area contributed by atoms with E-state index < -0.39 is 0 Å². The van der Waals surface area contributed by atoms with Crippen molar-refractivity contribution >= 4 is 34.9 Å². The number of hydrogen-bond donors (Lipinski definition) is 1. The molecule has 6 heteroatoms. The molecule has 0 atom stereocenters. The molecule has 0 saturated heterocycles. The molecule has 0 bridgehead atoms. The SMILES string of the molecule is O=C(Cc1ccccc1Cl)Nc1ccc(Cl)nn1. The van der Waals surface area contributed by atoms with Gasteiger partial charge in [-0.25, -0.2) is 0 Å². The number of nitrogens with zero attached hydrogens (tertiary/aromatic N) is 2. The second kappa shape index (κ2) is 5.80. The Bertz CT molecular complexity index is 558. The number of hydrogen-bond acceptors (Lipinski definition) is 3. The first kappa shape index (κ1) is 12.8. The van der Waals surface area contributed by atoms with Crippen molar-refractivity contribution in [2.24, 2.45) is 0 Å². The maximum Gasteiger partial charge on any atom is 0.230 e. The van der Waals surface area contributed by atoms with Crippen molar-refractivity contribution in [3.05, 3.63) is 52.1 Å². The van der Waals surface area contributed by atoms with Crippen LogP contribution in [0.15, 0.2) is 36.4 Å². The minimum Gasteiger partial charge on any atom is -0.309 e. The van der Waals surface area contributed by atoms with Crippen molar-refractivity contribution in [2.45, 2.75) is 6.42 Å². The molecule has 0 saturated carbocycles. The average Bonchev–Trinajstić information content (AvgIpc) is 2.35. The normalized spacial score (nSPS) is 10.1. The van der Waals surface area contributed by atoms with Crippen LogP contribution in [-0.2, 0) is 11.2 Å². The smallest absolute Gasteiger partial charge is 0.230 e. The largest absolute Gasteiger partial charge is 0.309 e. The fourth-order valence-corrected chi connectivity index (χ4v) is 1.69. The molecule has 92 valence electrons. The number of rotatable bonds is 3. The van der Waals surface area contributed by atoms with Crippen molar-refractivity contribution in [1.29, 1.82) is 0 Å². The van der Waals surface area contributed by atoms with Crippen LogP contribution in [0.4, 0.5) is 5.82 Å². The van der Waals surface area contributed by atoms with Crippen LogP contribution in [0, 0.1) is 0 Å². The van der Waals surface area contributed by atoms with Crippen LogP contribution in [0.25, 0.3) is 0 Å². The maximum atomic E-state index is 11.7. The zero-order chi connectivity index (χ0) is 13.0. The molecule has 4 nitrogen and oxygen atoms in total. The lowest BCUT2D eigenvalue weighted by Crippen LogP contribution is -2.15. The summed E-state index contributed by atoms with van der Waals surface area (Å²) in [5.41, 5.74) is 0.763. The van der Waals surface area contributed by atoms with Gasteiger partial charge in [-0.1, -0.05) is 41.4 Å². The molecule has 1 aromatic carbocycles. The average molecular weight is 282 g/mol. The second-order valence-corrected chi connectivity index (χ2v) is 4.35. The molecule has 1 aromatic heterocycles. The van der Waals surface area contributed by atoms with Gasteiger partial charge in [0.15, 0.2) is 11.0 Å². The Kier molecular flexibility index (Phi) is 4.12. The fourth-order valence-electron chi connectivity index (χ4n) is 1.38. The van der Waals surface area contributed by atoms with Gasteiger partial charge in [0.1, 0.15) is 0 Å². The Labute approximate surface area is 114 Å². The highest BCUT2D eigenvalue weighted by Gasteiger charge is 2.07. The molecule has 18 heavy (non-hydrogen) atoms. The minimum atomic E-state index is -0.209. The maximum absolute atomic E-state index is 11.7. The molecule has 1 amide bonds. The van der Waals surface area contributed by atoms with Crippen molar-refractivity contribution in [3.8, 4) is 0 Å². The van der Waals surface area contributed by atoms with Crippen LogP contribution in [-0.4, -0.2) is 16.1 Å². The van der Waals surface area contributed by atoms with E-state index in [1.54, 1.807) is 24.3 Å². The Morgan fingerprint density at radius 3 is 2.56 bits per heavy atom. The fraction of sp³-hybridized carbons (Fsp3) is 0.0833. The molecule has 0 unspecified atom stereocenters. The first-order valence-corrected chi connectivity index (χ1v) is 5.93. The molecule has 1 heterocycles.